The lowest BCUT2D eigenvalue weighted by molar-refractivity contribution is -0.136. The first kappa shape index (κ1) is 42.4. The fraction of sp³-hybridized carbons (Fsp3) is 0.367. The van der Waals surface area contributed by atoms with Crippen LogP contribution in [0, 0.1) is 5.92 Å². The highest BCUT2D eigenvalue weighted by Crippen LogP contribution is 2.53. The lowest BCUT2D eigenvalue weighted by Gasteiger charge is -2.27. The number of imide groups is 2. The summed E-state index contributed by atoms with van der Waals surface area (Å²) >= 11 is 0. The quantitative estimate of drug-likeness (QED) is 0.0689. The maximum absolute atomic E-state index is 13.1. The Morgan fingerprint density at radius 3 is 2.27 bits per heavy atom. The number of benzene rings is 3. The normalized spacial score (nSPS) is 20.8. The van der Waals surface area contributed by atoms with Crippen LogP contribution in [0.5, 0.6) is 0 Å². The molecule has 60 heavy (non-hydrogen) atoms. The van der Waals surface area contributed by atoms with Gasteiger partial charge >= 0.3 is 0 Å². The van der Waals surface area contributed by atoms with Gasteiger partial charge in [-0.25, -0.2) is 0 Å². The van der Waals surface area contributed by atoms with Crippen LogP contribution in [0.3, 0.4) is 0 Å². The SMILES string of the molecule is CC1=CC=C2CCC(c3ccccc3)C3=C(CC(C)=C3C)C12.O=CCc1ccc(COCCOCCOCNc2cccc3c2C(=O)N(C2CCC(=O)NC2=O)C3=O)cc1. The molecule has 0 saturated carbocycles. The van der Waals surface area contributed by atoms with Crippen LogP contribution < -0.4 is 10.6 Å². The summed E-state index contributed by atoms with van der Waals surface area (Å²) < 4.78 is 16.6. The van der Waals surface area contributed by atoms with Crippen molar-refractivity contribution in [1.29, 1.82) is 0 Å². The molecule has 2 heterocycles. The van der Waals surface area contributed by atoms with Crippen molar-refractivity contribution in [2.75, 3.05) is 38.5 Å². The second-order valence-electron chi connectivity index (χ2n) is 15.9. The van der Waals surface area contributed by atoms with E-state index in [1.165, 1.54) is 30.9 Å². The number of fused-ring (bicyclic) bond motifs is 3. The van der Waals surface area contributed by atoms with Gasteiger partial charge in [0.05, 0.1) is 44.2 Å². The van der Waals surface area contributed by atoms with Crippen LogP contribution in [0.15, 0.2) is 118 Å². The number of hydrogen-bond donors (Lipinski definition) is 2. The van der Waals surface area contributed by atoms with Crippen LogP contribution in [0.2, 0.25) is 0 Å². The Morgan fingerprint density at radius 1 is 0.783 bits per heavy atom. The van der Waals surface area contributed by atoms with E-state index in [4.69, 9.17) is 14.2 Å². The largest absolute Gasteiger partial charge is 0.377 e. The van der Waals surface area contributed by atoms with Crippen LogP contribution in [0.1, 0.15) is 96.2 Å². The van der Waals surface area contributed by atoms with E-state index < -0.39 is 29.7 Å². The number of allylic oxidation sites excluding steroid dienone is 8. The molecule has 5 aliphatic rings. The van der Waals surface area contributed by atoms with Crippen LogP contribution in [-0.2, 0) is 41.6 Å². The lowest BCUT2D eigenvalue weighted by Crippen LogP contribution is -2.54. The van der Waals surface area contributed by atoms with Crippen molar-refractivity contribution in [2.45, 2.75) is 77.9 Å². The Balaban J connectivity index is 0.000000208. The number of nitrogens with zero attached hydrogens (tertiary/aromatic N) is 1. The van der Waals surface area contributed by atoms with Gasteiger partial charge in [0.1, 0.15) is 19.1 Å². The zero-order valence-corrected chi connectivity index (χ0v) is 34.6. The summed E-state index contributed by atoms with van der Waals surface area (Å²) in [5.41, 5.74) is 13.9. The van der Waals surface area contributed by atoms with Crippen LogP contribution in [0.25, 0.3) is 0 Å². The van der Waals surface area contributed by atoms with E-state index in [1.54, 1.807) is 45.6 Å². The van der Waals surface area contributed by atoms with E-state index in [0.29, 0.717) is 57.0 Å². The highest BCUT2D eigenvalue weighted by molar-refractivity contribution is 6.25. The standard InChI is InChI=1S/C27H29N3O8.C22H24/c31-11-10-18-4-6-19(7-5-18)16-37-14-12-36-13-15-38-17-28-21-3-1-2-20-24(21)27(35)30(26(20)34)22-8-9-23(32)29-25(22)33;1-14-9-10-18-11-12-19(17-7-5-4-6-8-17)22-16(3)15(2)13-20(22)21(14)18/h1-7,11,22,28H,8-10,12-17H2,(H,29,32,33);4-10,19,21H,11-13H2,1-3H3. The van der Waals surface area contributed by atoms with Crippen molar-refractivity contribution in [3.8, 4) is 0 Å². The zero-order chi connectivity index (χ0) is 42.2. The van der Waals surface area contributed by atoms with E-state index in [9.17, 15) is 24.0 Å². The number of piperidine rings is 1. The number of carbonyl (C=O) groups is 5. The van der Waals surface area contributed by atoms with Crippen molar-refractivity contribution in [2.24, 2.45) is 5.92 Å². The molecule has 11 nitrogen and oxygen atoms in total. The Bertz CT molecular complexity index is 2250. The molecule has 0 radical (unpaired) electrons. The number of carbonyl (C=O) groups excluding carboxylic acids is 5. The van der Waals surface area contributed by atoms with Gasteiger partial charge in [0.25, 0.3) is 11.8 Å². The van der Waals surface area contributed by atoms with Gasteiger partial charge in [0.15, 0.2) is 0 Å². The number of anilines is 1. The molecule has 0 spiro atoms. The van der Waals surface area contributed by atoms with Gasteiger partial charge in [-0.3, -0.25) is 29.4 Å². The van der Waals surface area contributed by atoms with E-state index in [2.05, 4.69) is 73.9 Å². The summed E-state index contributed by atoms with van der Waals surface area (Å²) in [5, 5.41) is 5.19. The Labute approximate surface area is 351 Å². The predicted octanol–water partition coefficient (Wildman–Crippen LogP) is 7.55. The van der Waals surface area contributed by atoms with Gasteiger partial charge in [-0.15, -0.1) is 0 Å². The molecule has 3 unspecified atom stereocenters. The number of rotatable bonds is 15. The smallest absolute Gasteiger partial charge is 0.264 e. The summed E-state index contributed by atoms with van der Waals surface area (Å²) in [7, 11) is 0. The van der Waals surface area contributed by atoms with Gasteiger partial charge in [-0.1, -0.05) is 95.1 Å². The van der Waals surface area contributed by atoms with Crippen LogP contribution in [-0.4, -0.2) is 74.0 Å². The zero-order valence-electron chi connectivity index (χ0n) is 34.6. The number of ether oxygens (including phenoxy) is 3. The van der Waals surface area contributed by atoms with Crippen LogP contribution >= 0.6 is 0 Å². The number of nitrogens with one attached hydrogen (secondary N) is 2. The summed E-state index contributed by atoms with van der Waals surface area (Å²) in [5.74, 6) is -1.04. The fourth-order valence-electron chi connectivity index (χ4n) is 8.91. The Morgan fingerprint density at radius 2 is 1.52 bits per heavy atom. The van der Waals surface area contributed by atoms with Gasteiger partial charge in [-0.05, 0) is 86.4 Å². The van der Waals surface area contributed by atoms with Crippen LogP contribution in [0.4, 0.5) is 5.69 Å². The molecule has 8 rings (SSSR count). The average Bonchev–Trinajstić information content (AvgIpc) is 3.80. The summed E-state index contributed by atoms with van der Waals surface area (Å²) in [6.45, 7) is 8.98. The summed E-state index contributed by atoms with van der Waals surface area (Å²) in [6, 6.07) is 22.6. The second kappa shape index (κ2) is 19.5. The predicted molar refractivity (Wildman–Crippen MR) is 228 cm³/mol. The second-order valence-corrected chi connectivity index (χ2v) is 15.9. The van der Waals surface area contributed by atoms with E-state index in [1.807, 2.05) is 24.3 Å². The Hall–Kier alpha value is -5.75. The molecule has 0 aromatic heterocycles. The number of aldehydes is 1. The molecule has 4 amide bonds. The molecule has 1 saturated heterocycles. The minimum absolute atomic E-state index is 0.0637. The van der Waals surface area contributed by atoms with Gasteiger partial charge in [-0.2, -0.15) is 0 Å². The summed E-state index contributed by atoms with van der Waals surface area (Å²) in [6.07, 6.45) is 9.83. The van der Waals surface area contributed by atoms with E-state index >= 15 is 0 Å². The monoisotopic (exact) mass is 811 g/mol. The maximum atomic E-state index is 13.1. The highest BCUT2D eigenvalue weighted by Gasteiger charge is 2.45. The topological polar surface area (TPSA) is 140 Å². The molecule has 3 aromatic carbocycles. The first-order valence-corrected chi connectivity index (χ1v) is 20.8. The molecular weight excluding hydrogens is 759 g/mol. The molecule has 2 aliphatic heterocycles. The Kier molecular flexibility index (Phi) is 13.8. The molecule has 0 bridgehead atoms. The third-order valence-corrected chi connectivity index (χ3v) is 12.0. The first-order chi connectivity index (χ1) is 29.2. The van der Waals surface area contributed by atoms with Crippen molar-refractivity contribution < 1.29 is 38.2 Å². The highest BCUT2D eigenvalue weighted by atomic mass is 16.5. The third-order valence-electron chi connectivity index (χ3n) is 12.0. The minimum atomic E-state index is -1.01. The van der Waals surface area contributed by atoms with Crippen molar-refractivity contribution >= 4 is 35.6 Å². The third kappa shape index (κ3) is 9.33. The van der Waals surface area contributed by atoms with E-state index in [0.717, 1.165) is 22.3 Å². The molecule has 312 valence electrons. The first-order valence-electron chi connectivity index (χ1n) is 20.8. The van der Waals surface area contributed by atoms with Crippen molar-refractivity contribution in [1.82, 2.24) is 10.2 Å². The minimum Gasteiger partial charge on any atom is -0.377 e. The van der Waals surface area contributed by atoms with Gasteiger partial charge < -0.3 is 24.3 Å². The van der Waals surface area contributed by atoms with Crippen molar-refractivity contribution in [3.63, 3.8) is 0 Å². The lowest BCUT2D eigenvalue weighted by atomic mass is 9.82. The summed E-state index contributed by atoms with van der Waals surface area (Å²) in [4.78, 5) is 61.1. The fourth-order valence-corrected chi connectivity index (χ4v) is 8.91. The van der Waals surface area contributed by atoms with E-state index in [-0.39, 0.29) is 30.7 Å². The maximum Gasteiger partial charge on any atom is 0.264 e. The molecule has 1 fully saturated rings. The number of hydrogen-bond acceptors (Lipinski definition) is 9. The number of amides is 4. The molecule has 3 aliphatic carbocycles. The molecular formula is C49H53N3O8. The molecule has 3 atom stereocenters. The average molecular weight is 812 g/mol. The van der Waals surface area contributed by atoms with Gasteiger partial charge in [0, 0.05) is 30.4 Å². The molecule has 2 N–H and O–H groups in total. The van der Waals surface area contributed by atoms with Gasteiger partial charge in [0.2, 0.25) is 11.8 Å². The molecule has 11 heteroatoms. The molecule has 3 aromatic rings. The van der Waals surface area contributed by atoms with Crippen molar-refractivity contribution in [3.05, 3.63) is 146 Å².